The number of benzene rings is 3. The van der Waals surface area contributed by atoms with Gasteiger partial charge in [0, 0.05) is 18.2 Å². The van der Waals surface area contributed by atoms with Crippen LogP contribution in [0.15, 0.2) is 54.6 Å². The number of carbonyl (C=O) groups excluding carboxylic acids is 1. The first-order valence-corrected chi connectivity index (χ1v) is 11.8. The molecule has 0 aromatic heterocycles. The van der Waals surface area contributed by atoms with Gasteiger partial charge in [0.1, 0.15) is 5.75 Å². The maximum absolute atomic E-state index is 13.0. The highest BCUT2D eigenvalue weighted by molar-refractivity contribution is 7.88. The van der Waals surface area contributed by atoms with Gasteiger partial charge in [-0.05, 0) is 41.8 Å². The SMILES string of the molecule is Cc1ccccc1-c1cc(OS(=O)(=O)C(F)(F)F)cc2c1CNC(=O)N2c1c(Cl)cccc1Cl. The molecule has 178 valence electrons. The van der Waals surface area contributed by atoms with Crippen molar-refractivity contribution in [2.45, 2.75) is 19.0 Å². The number of anilines is 2. The second-order valence-corrected chi connectivity index (χ2v) is 9.68. The standard InChI is InChI=1S/C22H15Cl2F3N2O4S/c1-12-5-2-3-6-14(12)15-9-13(33-34(31,32)22(25,26)27)10-19-16(15)11-28-21(30)29(19)20-17(23)7-4-8-18(20)24/h2-10H,11H2,1H3,(H,28,30). The number of para-hydroxylation sites is 1. The van der Waals surface area contributed by atoms with E-state index in [1.165, 1.54) is 18.2 Å². The van der Waals surface area contributed by atoms with E-state index in [2.05, 4.69) is 9.50 Å². The Morgan fingerprint density at radius 3 is 2.26 bits per heavy atom. The number of nitrogens with zero attached hydrogens (tertiary/aromatic N) is 1. The summed E-state index contributed by atoms with van der Waals surface area (Å²) < 4.78 is 67.0. The summed E-state index contributed by atoms with van der Waals surface area (Å²) in [6.45, 7) is 1.80. The number of carbonyl (C=O) groups is 1. The summed E-state index contributed by atoms with van der Waals surface area (Å²) in [6.07, 6.45) is 0. The van der Waals surface area contributed by atoms with Crippen LogP contribution in [0.2, 0.25) is 10.0 Å². The highest BCUT2D eigenvalue weighted by atomic mass is 35.5. The molecule has 0 atom stereocenters. The number of hydrogen-bond acceptors (Lipinski definition) is 4. The van der Waals surface area contributed by atoms with Gasteiger partial charge in [-0.1, -0.05) is 53.5 Å². The van der Waals surface area contributed by atoms with E-state index in [1.807, 2.05) is 0 Å². The number of amides is 2. The number of fused-ring (bicyclic) bond motifs is 1. The van der Waals surface area contributed by atoms with E-state index >= 15 is 0 Å². The molecule has 2 amide bonds. The first-order valence-electron chi connectivity index (χ1n) is 9.66. The van der Waals surface area contributed by atoms with Gasteiger partial charge in [-0.25, -0.2) is 4.79 Å². The number of urea groups is 1. The minimum absolute atomic E-state index is 0.0166. The summed E-state index contributed by atoms with van der Waals surface area (Å²) in [5, 5.41) is 2.89. The van der Waals surface area contributed by atoms with E-state index in [9.17, 15) is 26.4 Å². The maximum Gasteiger partial charge on any atom is 0.534 e. The van der Waals surface area contributed by atoms with Crippen LogP contribution in [0.25, 0.3) is 11.1 Å². The van der Waals surface area contributed by atoms with Gasteiger partial charge in [0.25, 0.3) is 0 Å². The fourth-order valence-corrected chi connectivity index (χ4v) is 4.64. The molecule has 1 N–H and O–H groups in total. The lowest BCUT2D eigenvalue weighted by molar-refractivity contribution is -0.0500. The van der Waals surface area contributed by atoms with Gasteiger partial charge in [0.15, 0.2) is 0 Å². The topological polar surface area (TPSA) is 75.7 Å². The zero-order chi connectivity index (χ0) is 24.8. The van der Waals surface area contributed by atoms with Crippen molar-refractivity contribution < 1.29 is 30.6 Å². The van der Waals surface area contributed by atoms with Crippen LogP contribution in [-0.2, 0) is 16.7 Å². The van der Waals surface area contributed by atoms with Crippen LogP contribution in [0, 0.1) is 6.92 Å². The van der Waals surface area contributed by atoms with Crippen molar-refractivity contribution in [3.63, 3.8) is 0 Å². The van der Waals surface area contributed by atoms with Gasteiger partial charge < -0.3 is 9.50 Å². The van der Waals surface area contributed by atoms with Gasteiger partial charge in [-0.15, -0.1) is 0 Å². The lowest BCUT2D eigenvalue weighted by Crippen LogP contribution is -2.41. The van der Waals surface area contributed by atoms with Crippen LogP contribution in [0.1, 0.15) is 11.1 Å². The van der Waals surface area contributed by atoms with Crippen molar-refractivity contribution >= 4 is 50.7 Å². The molecule has 0 saturated carbocycles. The predicted octanol–water partition coefficient (Wildman–Crippen LogP) is 6.56. The van der Waals surface area contributed by atoms with Crippen LogP contribution in [0.3, 0.4) is 0 Å². The van der Waals surface area contributed by atoms with Crippen molar-refractivity contribution in [3.8, 4) is 16.9 Å². The van der Waals surface area contributed by atoms with Gasteiger partial charge in [-0.2, -0.15) is 21.6 Å². The quantitative estimate of drug-likeness (QED) is 0.306. The fraction of sp³-hybridized carbons (Fsp3) is 0.136. The van der Waals surface area contributed by atoms with Crippen molar-refractivity contribution in [3.05, 3.63) is 75.8 Å². The minimum Gasteiger partial charge on any atom is -0.376 e. The highest BCUT2D eigenvalue weighted by Gasteiger charge is 2.48. The molecule has 0 saturated heterocycles. The lowest BCUT2D eigenvalue weighted by Gasteiger charge is -2.33. The van der Waals surface area contributed by atoms with Crippen molar-refractivity contribution in [2.75, 3.05) is 4.90 Å². The summed E-state index contributed by atoms with van der Waals surface area (Å²) >= 11 is 12.6. The Labute approximate surface area is 203 Å². The van der Waals surface area contributed by atoms with Gasteiger partial charge in [-0.3, -0.25) is 4.90 Å². The van der Waals surface area contributed by atoms with Crippen LogP contribution in [-0.4, -0.2) is 20.0 Å². The fourth-order valence-electron chi connectivity index (χ4n) is 3.63. The van der Waals surface area contributed by atoms with E-state index < -0.39 is 27.4 Å². The summed E-state index contributed by atoms with van der Waals surface area (Å²) in [5.41, 5.74) is -3.25. The molecule has 0 bridgehead atoms. The molecule has 1 heterocycles. The van der Waals surface area contributed by atoms with Gasteiger partial charge in [0.2, 0.25) is 0 Å². The van der Waals surface area contributed by atoms with Gasteiger partial charge >= 0.3 is 21.7 Å². The van der Waals surface area contributed by atoms with Crippen molar-refractivity contribution in [1.29, 1.82) is 0 Å². The molecule has 12 heteroatoms. The normalized spacial score (nSPS) is 13.9. The zero-order valence-electron chi connectivity index (χ0n) is 17.3. The summed E-state index contributed by atoms with van der Waals surface area (Å²) in [7, 11) is -5.97. The first kappa shape index (κ1) is 24.2. The molecule has 0 radical (unpaired) electrons. The number of aryl methyl sites for hydroxylation is 1. The Bertz CT molecular complexity index is 1390. The second kappa shape index (κ2) is 8.68. The van der Waals surface area contributed by atoms with E-state index in [0.717, 1.165) is 16.5 Å². The second-order valence-electron chi connectivity index (χ2n) is 7.33. The van der Waals surface area contributed by atoms with Gasteiger partial charge in [0.05, 0.1) is 21.4 Å². The average Bonchev–Trinajstić information content (AvgIpc) is 2.74. The highest BCUT2D eigenvalue weighted by Crippen LogP contribution is 2.45. The summed E-state index contributed by atoms with van der Waals surface area (Å²) in [6, 6.07) is 13.1. The number of hydrogen-bond donors (Lipinski definition) is 1. The van der Waals surface area contributed by atoms with Crippen molar-refractivity contribution in [1.82, 2.24) is 5.32 Å². The monoisotopic (exact) mass is 530 g/mol. The maximum atomic E-state index is 13.0. The largest absolute Gasteiger partial charge is 0.534 e. The Balaban J connectivity index is 2.02. The molecule has 0 aliphatic carbocycles. The average molecular weight is 531 g/mol. The van der Waals surface area contributed by atoms with E-state index in [0.29, 0.717) is 16.7 Å². The predicted molar refractivity (Wildman–Crippen MR) is 123 cm³/mol. The molecule has 3 aromatic carbocycles. The minimum atomic E-state index is -5.97. The molecule has 3 aromatic rings. The molecule has 0 spiro atoms. The molecule has 0 unspecified atom stereocenters. The van der Waals surface area contributed by atoms with Crippen LogP contribution >= 0.6 is 23.2 Å². The molecule has 4 rings (SSSR count). The summed E-state index contributed by atoms with van der Waals surface area (Å²) in [5.74, 6) is -0.628. The Hall–Kier alpha value is -2.95. The number of rotatable bonds is 4. The molecule has 34 heavy (non-hydrogen) atoms. The van der Waals surface area contributed by atoms with E-state index in [-0.39, 0.29) is 28.0 Å². The van der Waals surface area contributed by atoms with E-state index in [4.69, 9.17) is 23.2 Å². The smallest absolute Gasteiger partial charge is 0.376 e. The molecular formula is C22H15Cl2F3N2O4S. The summed E-state index contributed by atoms with van der Waals surface area (Å²) in [4.78, 5) is 14.0. The first-order chi connectivity index (χ1) is 15.9. The lowest BCUT2D eigenvalue weighted by atomic mass is 9.93. The van der Waals surface area contributed by atoms with E-state index in [1.54, 1.807) is 37.3 Å². The molecule has 1 aliphatic rings. The Morgan fingerprint density at radius 2 is 1.65 bits per heavy atom. The Morgan fingerprint density at radius 1 is 1.00 bits per heavy atom. The molecule has 0 fully saturated rings. The zero-order valence-corrected chi connectivity index (χ0v) is 19.6. The Kier molecular flexibility index (Phi) is 6.17. The number of halogens is 5. The third-order valence-electron chi connectivity index (χ3n) is 5.15. The van der Waals surface area contributed by atoms with Crippen LogP contribution < -0.4 is 14.4 Å². The third-order valence-corrected chi connectivity index (χ3v) is 6.73. The third kappa shape index (κ3) is 4.28. The van der Waals surface area contributed by atoms with Crippen LogP contribution in [0.4, 0.5) is 29.3 Å². The molecular weight excluding hydrogens is 516 g/mol. The molecule has 6 nitrogen and oxygen atoms in total. The number of alkyl halides is 3. The number of nitrogens with one attached hydrogen (secondary N) is 1. The molecule has 1 aliphatic heterocycles. The van der Waals surface area contributed by atoms with Crippen LogP contribution in [0.5, 0.6) is 5.75 Å². The van der Waals surface area contributed by atoms with Crippen molar-refractivity contribution in [2.24, 2.45) is 0 Å².